The molecule has 0 aliphatic rings. The quantitative estimate of drug-likeness (QED) is 0.605. The van der Waals surface area contributed by atoms with Gasteiger partial charge >= 0.3 is 0 Å². The molecule has 5 heteroatoms. The lowest BCUT2D eigenvalue weighted by Gasteiger charge is -1.97. The van der Waals surface area contributed by atoms with Crippen molar-refractivity contribution >= 4 is 5.91 Å². The number of hydrogen-bond donors (Lipinski definition) is 2. The highest BCUT2D eigenvalue weighted by Gasteiger charge is 1.96. The second-order valence-corrected chi connectivity index (χ2v) is 2.55. The number of primary amides is 1. The summed E-state index contributed by atoms with van der Waals surface area (Å²) < 4.78 is 1.71. The van der Waals surface area contributed by atoms with Crippen LogP contribution < -0.4 is 11.1 Å². The lowest BCUT2D eigenvalue weighted by molar-refractivity contribution is -0.117. The molecule has 0 radical (unpaired) electrons. The maximum absolute atomic E-state index is 10.3. The average Bonchev–Trinajstić information content (AvgIpc) is 2.35. The summed E-state index contributed by atoms with van der Waals surface area (Å²) in [5.74, 6) is -0.356. The molecule has 0 saturated heterocycles. The van der Waals surface area contributed by atoms with Gasteiger partial charge < -0.3 is 11.1 Å². The molecule has 0 saturated carbocycles. The van der Waals surface area contributed by atoms with Crippen LogP contribution in [-0.2, 0) is 18.4 Å². The zero-order valence-electron chi connectivity index (χ0n) is 6.95. The van der Waals surface area contributed by atoms with Gasteiger partial charge in [0.1, 0.15) is 0 Å². The summed E-state index contributed by atoms with van der Waals surface area (Å²) in [6.07, 6.45) is 1.85. The fraction of sp³-hybridized carbons (Fsp3) is 0.429. The van der Waals surface area contributed by atoms with Crippen molar-refractivity contribution in [3.05, 3.63) is 18.0 Å². The fourth-order valence-corrected chi connectivity index (χ4v) is 0.871. The first-order valence-corrected chi connectivity index (χ1v) is 3.66. The average molecular weight is 168 g/mol. The van der Waals surface area contributed by atoms with Crippen molar-refractivity contribution in [1.29, 1.82) is 0 Å². The number of nitrogens with two attached hydrogens (primary N) is 1. The van der Waals surface area contributed by atoms with Crippen LogP contribution in [0.25, 0.3) is 0 Å². The molecule has 0 fully saturated rings. The van der Waals surface area contributed by atoms with Gasteiger partial charge in [-0.1, -0.05) is 0 Å². The van der Waals surface area contributed by atoms with E-state index in [4.69, 9.17) is 5.73 Å². The van der Waals surface area contributed by atoms with Gasteiger partial charge in [-0.2, -0.15) is 5.10 Å². The van der Waals surface area contributed by atoms with Crippen molar-refractivity contribution < 1.29 is 4.79 Å². The summed E-state index contributed by atoms with van der Waals surface area (Å²) in [6, 6.07) is 1.88. The Morgan fingerprint density at radius 2 is 2.58 bits per heavy atom. The van der Waals surface area contributed by atoms with E-state index in [0.717, 1.165) is 5.69 Å². The summed E-state index contributed by atoms with van der Waals surface area (Å²) in [4.78, 5) is 10.3. The van der Waals surface area contributed by atoms with Gasteiger partial charge in [0, 0.05) is 19.8 Å². The van der Waals surface area contributed by atoms with Gasteiger partial charge in [-0.15, -0.1) is 0 Å². The summed E-state index contributed by atoms with van der Waals surface area (Å²) in [5.41, 5.74) is 5.84. The van der Waals surface area contributed by atoms with Gasteiger partial charge in [0.15, 0.2) is 0 Å². The first-order chi connectivity index (χ1) is 5.68. The summed E-state index contributed by atoms with van der Waals surface area (Å²) in [5, 5.41) is 6.97. The minimum Gasteiger partial charge on any atom is -0.369 e. The molecule has 0 atom stereocenters. The minimum atomic E-state index is -0.356. The number of carbonyl (C=O) groups is 1. The van der Waals surface area contributed by atoms with Crippen LogP contribution in [0.1, 0.15) is 5.69 Å². The zero-order valence-corrected chi connectivity index (χ0v) is 6.95. The Hall–Kier alpha value is -1.36. The summed E-state index contributed by atoms with van der Waals surface area (Å²) in [7, 11) is 1.84. The Bertz CT molecular complexity index is 268. The molecule has 0 aliphatic carbocycles. The van der Waals surface area contributed by atoms with E-state index in [2.05, 4.69) is 10.4 Å². The molecule has 5 nitrogen and oxygen atoms in total. The lowest BCUT2D eigenvalue weighted by Crippen LogP contribution is -2.28. The summed E-state index contributed by atoms with van der Waals surface area (Å²) in [6.45, 7) is 0.764. The van der Waals surface area contributed by atoms with Crippen LogP contribution in [0.2, 0.25) is 0 Å². The van der Waals surface area contributed by atoms with E-state index in [1.54, 1.807) is 4.68 Å². The van der Waals surface area contributed by atoms with Crippen LogP contribution in [0, 0.1) is 0 Å². The van der Waals surface area contributed by atoms with Crippen LogP contribution in [0.4, 0.5) is 0 Å². The third-order valence-electron chi connectivity index (χ3n) is 1.37. The third kappa shape index (κ3) is 2.71. The van der Waals surface area contributed by atoms with Gasteiger partial charge in [0.05, 0.1) is 12.2 Å². The van der Waals surface area contributed by atoms with Crippen LogP contribution in [-0.4, -0.2) is 22.2 Å². The SMILES string of the molecule is Cn1ccc(CNCC(N)=O)n1. The van der Waals surface area contributed by atoms with Crippen molar-refractivity contribution in [3.63, 3.8) is 0 Å². The number of hydrogen-bond acceptors (Lipinski definition) is 3. The Morgan fingerprint density at radius 3 is 3.08 bits per heavy atom. The van der Waals surface area contributed by atoms with Gasteiger partial charge in [0.25, 0.3) is 0 Å². The number of nitrogens with zero attached hydrogens (tertiary/aromatic N) is 2. The molecule has 1 rings (SSSR count). The van der Waals surface area contributed by atoms with Crippen LogP contribution in [0.3, 0.4) is 0 Å². The molecule has 3 N–H and O–H groups in total. The van der Waals surface area contributed by atoms with Crippen LogP contribution in [0.15, 0.2) is 12.3 Å². The van der Waals surface area contributed by atoms with Gasteiger partial charge in [-0.25, -0.2) is 0 Å². The van der Waals surface area contributed by atoms with Crippen molar-refractivity contribution in [2.24, 2.45) is 12.8 Å². The molecular weight excluding hydrogens is 156 g/mol. The summed E-state index contributed by atoms with van der Waals surface area (Å²) >= 11 is 0. The molecule has 66 valence electrons. The second-order valence-electron chi connectivity index (χ2n) is 2.55. The number of carbonyl (C=O) groups excluding carboxylic acids is 1. The topological polar surface area (TPSA) is 72.9 Å². The molecule has 1 aromatic heterocycles. The molecule has 1 heterocycles. The number of amides is 1. The maximum atomic E-state index is 10.3. The van der Waals surface area contributed by atoms with E-state index in [9.17, 15) is 4.79 Å². The Labute approximate surface area is 70.5 Å². The standard InChI is InChI=1S/C7H12N4O/c1-11-3-2-6(10-11)4-9-5-7(8)12/h2-3,9H,4-5H2,1H3,(H2,8,12). The molecule has 0 aliphatic heterocycles. The predicted octanol–water partition coefficient (Wildman–Crippen LogP) is -1.00. The van der Waals surface area contributed by atoms with E-state index >= 15 is 0 Å². The van der Waals surface area contributed by atoms with Crippen LogP contribution in [0.5, 0.6) is 0 Å². The number of nitrogens with one attached hydrogen (secondary N) is 1. The first-order valence-electron chi connectivity index (χ1n) is 3.66. The van der Waals surface area contributed by atoms with Gasteiger partial charge in [-0.05, 0) is 6.07 Å². The normalized spacial score (nSPS) is 10.1. The molecule has 1 amide bonds. The Morgan fingerprint density at radius 1 is 1.83 bits per heavy atom. The third-order valence-corrected chi connectivity index (χ3v) is 1.37. The highest BCUT2D eigenvalue weighted by atomic mass is 16.1. The van der Waals surface area contributed by atoms with E-state index in [0.29, 0.717) is 6.54 Å². The predicted molar refractivity (Wildman–Crippen MR) is 44.1 cm³/mol. The number of rotatable bonds is 4. The molecule has 0 bridgehead atoms. The second kappa shape index (κ2) is 3.87. The zero-order chi connectivity index (χ0) is 8.97. The Balaban J connectivity index is 2.29. The minimum absolute atomic E-state index is 0.191. The fourth-order valence-electron chi connectivity index (χ4n) is 0.871. The first kappa shape index (κ1) is 8.73. The number of aryl methyl sites for hydroxylation is 1. The molecule has 0 unspecified atom stereocenters. The maximum Gasteiger partial charge on any atom is 0.231 e. The highest BCUT2D eigenvalue weighted by molar-refractivity contribution is 5.75. The van der Waals surface area contributed by atoms with Crippen molar-refractivity contribution in [2.75, 3.05) is 6.54 Å². The van der Waals surface area contributed by atoms with Crippen molar-refractivity contribution in [2.45, 2.75) is 6.54 Å². The van der Waals surface area contributed by atoms with Crippen molar-refractivity contribution in [3.8, 4) is 0 Å². The van der Waals surface area contributed by atoms with E-state index in [1.165, 1.54) is 0 Å². The highest BCUT2D eigenvalue weighted by Crippen LogP contribution is 1.91. The van der Waals surface area contributed by atoms with E-state index < -0.39 is 0 Å². The van der Waals surface area contributed by atoms with Crippen LogP contribution >= 0.6 is 0 Å². The molecule has 1 aromatic rings. The van der Waals surface area contributed by atoms with E-state index in [-0.39, 0.29) is 12.5 Å². The lowest BCUT2D eigenvalue weighted by atomic mass is 10.4. The van der Waals surface area contributed by atoms with Gasteiger partial charge in [0.2, 0.25) is 5.91 Å². The number of aromatic nitrogens is 2. The Kier molecular flexibility index (Phi) is 2.82. The molecule has 0 spiro atoms. The monoisotopic (exact) mass is 168 g/mol. The van der Waals surface area contributed by atoms with Crippen molar-refractivity contribution in [1.82, 2.24) is 15.1 Å². The smallest absolute Gasteiger partial charge is 0.231 e. The molecular formula is C7H12N4O. The van der Waals surface area contributed by atoms with E-state index in [1.807, 2.05) is 19.3 Å². The largest absolute Gasteiger partial charge is 0.369 e. The molecule has 0 aromatic carbocycles. The van der Waals surface area contributed by atoms with Gasteiger partial charge in [-0.3, -0.25) is 9.48 Å². The molecule has 12 heavy (non-hydrogen) atoms.